The Morgan fingerprint density at radius 2 is 2.06 bits per heavy atom. The summed E-state index contributed by atoms with van der Waals surface area (Å²) >= 11 is 0. The number of piperazine rings is 1. The lowest BCUT2D eigenvalue weighted by Crippen LogP contribution is -2.48. The van der Waals surface area contributed by atoms with Gasteiger partial charge in [-0.1, -0.05) is 13.8 Å². The van der Waals surface area contributed by atoms with Gasteiger partial charge >= 0.3 is 0 Å². The molecule has 10 heteroatoms. The average Bonchev–Trinajstić information content (AvgIpc) is 3.36. The first kappa shape index (κ1) is 23.1. The van der Waals surface area contributed by atoms with Crippen LogP contribution in [0.4, 0.5) is 20.5 Å². The minimum Gasteiger partial charge on any atom is -0.366 e. The zero-order valence-electron chi connectivity index (χ0n) is 19.0. The van der Waals surface area contributed by atoms with E-state index in [4.69, 9.17) is 4.74 Å². The molecule has 2 aliphatic heterocycles. The molecule has 0 spiro atoms. The third kappa shape index (κ3) is 5.28. The van der Waals surface area contributed by atoms with Crippen molar-refractivity contribution in [2.24, 2.45) is 5.92 Å². The van der Waals surface area contributed by atoms with E-state index in [9.17, 15) is 13.6 Å². The Labute approximate surface area is 188 Å². The van der Waals surface area contributed by atoms with Gasteiger partial charge in [0.15, 0.2) is 0 Å². The van der Waals surface area contributed by atoms with Crippen molar-refractivity contribution in [2.45, 2.75) is 51.6 Å². The molecule has 2 N–H and O–H groups in total. The topological polar surface area (TPSA) is 82.6 Å². The SMILES string of the molecule is CC(C)CCNc1nc(N2CCC(OCC(=O)N3CCNCC3)C2)c2c(n1)C(F)(F)CC2. The maximum absolute atomic E-state index is 14.5. The second-order valence-corrected chi connectivity index (χ2v) is 9.31. The molecule has 8 nitrogen and oxygen atoms in total. The molecule has 178 valence electrons. The number of fused-ring (bicyclic) bond motifs is 1. The number of anilines is 2. The van der Waals surface area contributed by atoms with E-state index in [0.717, 1.165) is 25.9 Å². The molecule has 1 atom stereocenters. The van der Waals surface area contributed by atoms with Crippen LogP contribution in [0.5, 0.6) is 0 Å². The number of alkyl halides is 2. The van der Waals surface area contributed by atoms with Gasteiger partial charge in [-0.25, -0.2) is 4.98 Å². The van der Waals surface area contributed by atoms with Gasteiger partial charge in [-0.2, -0.15) is 13.8 Å². The first-order chi connectivity index (χ1) is 15.3. The molecule has 1 aliphatic carbocycles. The van der Waals surface area contributed by atoms with Crippen LogP contribution >= 0.6 is 0 Å². The van der Waals surface area contributed by atoms with Crippen LogP contribution in [0.3, 0.4) is 0 Å². The fraction of sp³-hybridized carbons (Fsp3) is 0.773. The summed E-state index contributed by atoms with van der Waals surface area (Å²) in [6.07, 6.45) is 1.57. The first-order valence-corrected chi connectivity index (χ1v) is 11.7. The number of amides is 1. The standard InChI is InChI=1S/C22H34F2N6O2/c1-15(2)4-7-26-21-27-19-17(3-6-22(19,23)24)20(28-21)30-10-5-16(13-30)32-14-18(31)29-11-8-25-9-12-29/h15-16,25H,3-14H2,1-2H3,(H,26,27,28). The molecule has 1 unspecified atom stereocenters. The van der Waals surface area contributed by atoms with Crippen molar-refractivity contribution in [3.8, 4) is 0 Å². The Balaban J connectivity index is 1.41. The van der Waals surface area contributed by atoms with Gasteiger partial charge in [0, 0.05) is 57.8 Å². The van der Waals surface area contributed by atoms with E-state index < -0.39 is 5.92 Å². The Hall–Kier alpha value is -2.07. The van der Waals surface area contributed by atoms with Crippen LogP contribution in [0, 0.1) is 5.92 Å². The van der Waals surface area contributed by atoms with Gasteiger partial charge < -0.3 is 25.2 Å². The van der Waals surface area contributed by atoms with E-state index in [2.05, 4.69) is 34.4 Å². The number of carbonyl (C=O) groups is 1. The van der Waals surface area contributed by atoms with Crippen LogP contribution in [-0.2, 0) is 21.9 Å². The third-order valence-corrected chi connectivity index (χ3v) is 6.38. The van der Waals surface area contributed by atoms with Crippen molar-refractivity contribution >= 4 is 17.7 Å². The molecule has 32 heavy (non-hydrogen) atoms. The number of aromatic nitrogens is 2. The second kappa shape index (κ2) is 9.82. The average molecular weight is 453 g/mol. The van der Waals surface area contributed by atoms with Crippen molar-refractivity contribution in [2.75, 3.05) is 62.6 Å². The molecule has 1 amide bonds. The quantitative estimate of drug-likeness (QED) is 0.624. The lowest BCUT2D eigenvalue weighted by Gasteiger charge is -2.27. The van der Waals surface area contributed by atoms with Crippen LogP contribution in [0.1, 0.15) is 44.4 Å². The summed E-state index contributed by atoms with van der Waals surface area (Å²) in [6.45, 7) is 9.13. The summed E-state index contributed by atoms with van der Waals surface area (Å²) in [7, 11) is 0. The molecule has 3 heterocycles. The van der Waals surface area contributed by atoms with Gasteiger partial charge in [-0.15, -0.1) is 0 Å². The molecule has 0 bridgehead atoms. The lowest BCUT2D eigenvalue weighted by molar-refractivity contribution is -0.138. The number of nitrogens with zero attached hydrogens (tertiary/aromatic N) is 4. The van der Waals surface area contributed by atoms with Gasteiger partial charge in [0.25, 0.3) is 5.92 Å². The van der Waals surface area contributed by atoms with Crippen LogP contribution < -0.4 is 15.5 Å². The van der Waals surface area contributed by atoms with Gasteiger partial charge in [0.05, 0.1) is 6.10 Å². The van der Waals surface area contributed by atoms with Crippen molar-refractivity contribution in [1.29, 1.82) is 0 Å². The number of ether oxygens (including phenoxy) is 1. The second-order valence-electron chi connectivity index (χ2n) is 9.31. The maximum Gasteiger partial charge on any atom is 0.290 e. The fourth-order valence-corrected chi connectivity index (χ4v) is 4.47. The van der Waals surface area contributed by atoms with Crippen molar-refractivity contribution in [3.63, 3.8) is 0 Å². The van der Waals surface area contributed by atoms with E-state index >= 15 is 0 Å². The van der Waals surface area contributed by atoms with E-state index in [-0.39, 0.29) is 43.1 Å². The molecule has 1 aromatic heterocycles. The fourth-order valence-electron chi connectivity index (χ4n) is 4.47. The monoisotopic (exact) mass is 452 g/mol. The largest absolute Gasteiger partial charge is 0.366 e. The van der Waals surface area contributed by atoms with Crippen LogP contribution in [0.2, 0.25) is 0 Å². The number of nitrogens with one attached hydrogen (secondary N) is 2. The predicted molar refractivity (Wildman–Crippen MR) is 118 cm³/mol. The highest BCUT2D eigenvalue weighted by Gasteiger charge is 2.44. The zero-order valence-corrected chi connectivity index (χ0v) is 19.0. The molecular formula is C22H34F2N6O2. The molecule has 4 rings (SSSR count). The predicted octanol–water partition coefficient (Wildman–Crippen LogP) is 2.00. The molecule has 0 radical (unpaired) electrons. The van der Waals surface area contributed by atoms with Gasteiger partial charge in [0.2, 0.25) is 11.9 Å². The van der Waals surface area contributed by atoms with Crippen molar-refractivity contribution in [3.05, 3.63) is 11.3 Å². The van der Waals surface area contributed by atoms with Gasteiger partial charge in [-0.05, 0) is 25.2 Å². The van der Waals surface area contributed by atoms with Crippen LogP contribution in [-0.4, -0.2) is 79.3 Å². The first-order valence-electron chi connectivity index (χ1n) is 11.7. The molecule has 2 saturated heterocycles. The van der Waals surface area contributed by atoms with Gasteiger partial charge in [-0.3, -0.25) is 4.79 Å². The molecular weight excluding hydrogens is 418 g/mol. The summed E-state index contributed by atoms with van der Waals surface area (Å²) in [5, 5.41) is 6.35. The van der Waals surface area contributed by atoms with E-state index in [1.807, 2.05) is 9.80 Å². The maximum atomic E-state index is 14.5. The Kier molecular flexibility index (Phi) is 7.09. The van der Waals surface area contributed by atoms with E-state index in [1.54, 1.807) is 0 Å². The minimum atomic E-state index is -2.92. The Morgan fingerprint density at radius 1 is 1.28 bits per heavy atom. The number of rotatable bonds is 8. The highest BCUT2D eigenvalue weighted by atomic mass is 19.3. The van der Waals surface area contributed by atoms with E-state index in [0.29, 0.717) is 50.0 Å². The van der Waals surface area contributed by atoms with Crippen LogP contribution in [0.15, 0.2) is 0 Å². The van der Waals surface area contributed by atoms with Crippen molar-refractivity contribution < 1.29 is 18.3 Å². The molecule has 2 fully saturated rings. The molecule has 1 aromatic rings. The number of halogens is 2. The van der Waals surface area contributed by atoms with Crippen LogP contribution in [0.25, 0.3) is 0 Å². The highest BCUT2D eigenvalue weighted by molar-refractivity contribution is 5.77. The van der Waals surface area contributed by atoms with Gasteiger partial charge in [0.1, 0.15) is 18.1 Å². The number of carbonyl (C=O) groups excluding carboxylic acids is 1. The number of hydrogen-bond donors (Lipinski definition) is 2. The summed E-state index contributed by atoms with van der Waals surface area (Å²) in [5.74, 6) is -1.58. The summed E-state index contributed by atoms with van der Waals surface area (Å²) in [6, 6.07) is 0. The summed E-state index contributed by atoms with van der Waals surface area (Å²) in [4.78, 5) is 25.0. The third-order valence-electron chi connectivity index (χ3n) is 6.38. The number of hydrogen-bond acceptors (Lipinski definition) is 7. The summed E-state index contributed by atoms with van der Waals surface area (Å²) in [5.41, 5.74) is 0.398. The molecule has 0 saturated carbocycles. The molecule has 3 aliphatic rings. The van der Waals surface area contributed by atoms with E-state index in [1.165, 1.54) is 0 Å². The van der Waals surface area contributed by atoms with Crippen molar-refractivity contribution in [1.82, 2.24) is 20.2 Å². The minimum absolute atomic E-state index is 0.00385. The lowest BCUT2D eigenvalue weighted by atomic mass is 10.1. The highest BCUT2D eigenvalue weighted by Crippen LogP contribution is 2.44. The Morgan fingerprint density at radius 3 is 2.81 bits per heavy atom. The zero-order chi connectivity index (χ0) is 22.7. The smallest absolute Gasteiger partial charge is 0.290 e. The molecule has 0 aromatic carbocycles. The summed E-state index contributed by atoms with van der Waals surface area (Å²) < 4.78 is 34.9. The Bertz CT molecular complexity index is 816. The normalized spacial score (nSPS) is 22.5.